The van der Waals surface area contributed by atoms with Crippen molar-refractivity contribution >= 4 is 28.6 Å². The van der Waals surface area contributed by atoms with Crippen LogP contribution in [0.25, 0.3) is 0 Å². The summed E-state index contributed by atoms with van der Waals surface area (Å²) in [6, 6.07) is 5.98. The molecular weight excluding hydrogens is 251 g/mol. The lowest BCUT2D eigenvalue weighted by molar-refractivity contribution is 0.103. The third-order valence-corrected chi connectivity index (χ3v) is 3.78. The van der Waals surface area contributed by atoms with E-state index in [-0.39, 0.29) is 11.6 Å². The number of halogens is 1. The lowest BCUT2D eigenvalue weighted by Gasteiger charge is -2.05. The number of benzene rings is 1. The quantitative estimate of drug-likeness (QED) is 0.817. The second kappa shape index (κ2) is 4.78. The number of thiophene rings is 1. The predicted molar refractivity (Wildman–Crippen MR) is 72.6 cm³/mol. The number of nitrogen functional groups attached to an aromatic ring is 1. The number of carbonyl (C=O) groups is 1. The number of carbonyl (C=O) groups excluding carboxylic acids is 1. The molecule has 0 saturated heterocycles. The van der Waals surface area contributed by atoms with Crippen molar-refractivity contribution < 1.29 is 9.18 Å². The van der Waals surface area contributed by atoms with Crippen LogP contribution in [-0.2, 0) is 0 Å². The molecular formula is C13H13FN2OS. The average molecular weight is 264 g/mol. The molecule has 0 radical (unpaired) electrons. The summed E-state index contributed by atoms with van der Waals surface area (Å²) < 4.78 is 13.5. The maximum absolute atomic E-state index is 13.5. The van der Waals surface area contributed by atoms with Crippen LogP contribution in [0.1, 0.15) is 20.1 Å². The number of anilines is 2. The second-order valence-electron chi connectivity index (χ2n) is 4.04. The summed E-state index contributed by atoms with van der Waals surface area (Å²) in [5.41, 5.74) is 6.96. The van der Waals surface area contributed by atoms with Gasteiger partial charge in [-0.3, -0.25) is 4.79 Å². The van der Waals surface area contributed by atoms with Crippen LogP contribution in [0, 0.1) is 19.7 Å². The van der Waals surface area contributed by atoms with Crippen molar-refractivity contribution in [3.63, 3.8) is 0 Å². The standard InChI is InChI=1S/C13H13FN2OS/c1-7-5-12(18-8(7)2)13(17)16-11-4-3-9(15)6-10(11)14/h3-6H,15H2,1-2H3,(H,16,17). The van der Waals surface area contributed by atoms with Crippen LogP contribution in [0.2, 0.25) is 0 Å². The van der Waals surface area contributed by atoms with Gasteiger partial charge in [-0.2, -0.15) is 0 Å². The molecule has 0 unspecified atom stereocenters. The van der Waals surface area contributed by atoms with Crippen molar-refractivity contribution in [3.05, 3.63) is 45.4 Å². The molecule has 18 heavy (non-hydrogen) atoms. The summed E-state index contributed by atoms with van der Waals surface area (Å²) in [6.07, 6.45) is 0. The van der Waals surface area contributed by atoms with Crippen molar-refractivity contribution in [1.82, 2.24) is 0 Å². The molecule has 1 aromatic carbocycles. The van der Waals surface area contributed by atoms with Gasteiger partial charge in [0.15, 0.2) is 0 Å². The minimum atomic E-state index is -0.534. The zero-order valence-corrected chi connectivity index (χ0v) is 10.9. The van der Waals surface area contributed by atoms with E-state index in [9.17, 15) is 9.18 Å². The molecule has 0 aliphatic heterocycles. The van der Waals surface area contributed by atoms with Gasteiger partial charge in [0.05, 0.1) is 10.6 Å². The molecule has 0 spiro atoms. The molecule has 0 saturated carbocycles. The van der Waals surface area contributed by atoms with Gasteiger partial charge in [0, 0.05) is 10.6 Å². The van der Waals surface area contributed by atoms with Crippen LogP contribution in [0.15, 0.2) is 24.3 Å². The lowest BCUT2D eigenvalue weighted by Crippen LogP contribution is -2.11. The zero-order chi connectivity index (χ0) is 13.3. The number of aryl methyl sites for hydroxylation is 2. The Kier molecular flexibility index (Phi) is 3.34. The Bertz CT molecular complexity index is 588. The van der Waals surface area contributed by atoms with Crippen LogP contribution < -0.4 is 11.1 Å². The van der Waals surface area contributed by atoms with Crippen molar-refractivity contribution in [2.45, 2.75) is 13.8 Å². The molecule has 2 aromatic rings. The Morgan fingerprint density at radius 2 is 2.06 bits per heavy atom. The third-order valence-electron chi connectivity index (χ3n) is 2.63. The molecule has 94 valence electrons. The summed E-state index contributed by atoms with van der Waals surface area (Å²) in [4.78, 5) is 13.6. The minimum absolute atomic E-state index is 0.137. The van der Waals surface area contributed by atoms with Gasteiger partial charge in [0.25, 0.3) is 5.91 Å². The van der Waals surface area contributed by atoms with E-state index < -0.39 is 5.82 Å². The first-order valence-corrected chi connectivity index (χ1v) is 6.22. The van der Waals surface area contributed by atoms with Gasteiger partial charge in [-0.15, -0.1) is 11.3 Å². The molecule has 0 bridgehead atoms. The zero-order valence-electron chi connectivity index (χ0n) is 10.1. The van der Waals surface area contributed by atoms with E-state index in [1.807, 2.05) is 13.8 Å². The van der Waals surface area contributed by atoms with E-state index in [4.69, 9.17) is 5.73 Å². The summed E-state index contributed by atoms with van der Waals surface area (Å²) in [5.74, 6) is -0.840. The molecule has 1 aromatic heterocycles. The van der Waals surface area contributed by atoms with E-state index in [0.717, 1.165) is 10.4 Å². The molecule has 2 rings (SSSR count). The van der Waals surface area contributed by atoms with E-state index in [0.29, 0.717) is 10.6 Å². The van der Waals surface area contributed by atoms with E-state index >= 15 is 0 Å². The molecule has 3 N–H and O–H groups in total. The highest BCUT2D eigenvalue weighted by Gasteiger charge is 2.12. The minimum Gasteiger partial charge on any atom is -0.399 e. The highest BCUT2D eigenvalue weighted by Crippen LogP contribution is 2.23. The largest absolute Gasteiger partial charge is 0.399 e. The fourth-order valence-corrected chi connectivity index (χ4v) is 2.43. The van der Waals surface area contributed by atoms with Gasteiger partial charge in [-0.25, -0.2) is 4.39 Å². The Morgan fingerprint density at radius 3 is 2.61 bits per heavy atom. The Hall–Kier alpha value is -1.88. The van der Waals surface area contributed by atoms with Crippen LogP contribution in [0.3, 0.4) is 0 Å². The number of nitrogens with one attached hydrogen (secondary N) is 1. The van der Waals surface area contributed by atoms with Crippen LogP contribution in [0.5, 0.6) is 0 Å². The van der Waals surface area contributed by atoms with Crippen molar-refractivity contribution in [2.24, 2.45) is 0 Å². The predicted octanol–water partition coefficient (Wildman–Crippen LogP) is 3.34. The Balaban J connectivity index is 2.21. The smallest absolute Gasteiger partial charge is 0.265 e. The maximum atomic E-state index is 13.5. The first-order chi connectivity index (χ1) is 8.47. The molecule has 5 heteroatoms. The fraction of sp³-hybridized carbons (Fsp3) is 0.154. The monoisotopic (exact) mass is 264 g/mol. The van der Waals surface area contributed by atoms with Gasteiger partial charge in [-0.1, -0.05) is 0 Å². The number of nitrogens with two attached hydrogens (primary N) is 1. The summed E-state index contributed by atoms with van der Waals surface area (Å²) in [6.45, 7) is 3.88. The van der Waals surface area contributed by atoms with Crippen LogP contribution in [0.4, 0.5) is 15.8 Å². The van der Waals surface area contributed by atoms with Gasteiger partial charge >= 0.3 is 0 Å². The van der Waals surface area contributed by atoms with E-state index in [2.05, 4.69) is 5.32 Å². The highest BCUT2D eigenvalue weighted by atomic mass is 32.1. The summed E-state index contributed by atoms with van der Waals surface area (Å²) in [7, 11) is 0. The summed E-state index contributed by atoms with van der Waals surface area (Å²) >= 11 is 1.39. The third kappa shape index (κ3) is 2.51. The number of hydrogen-bond donors (Lipinski definition) is 2. The topological polar surface area (TPSA) is 55.1 Å². The van der Waals surface area contributed by atoms with Gasteiger partial charge in [0.2, 0.25) is 0 Å². The fourth-order valence-electron chi connectivity index (χ4n) is 1.50. The second-order valence-corrected chi connectivity index (χ2v) is 5.30. The van der Waals surface area contributed by atoms with E-state index in [1.54, 1.807) is 12.1 Å². The van der Waals surface area contributed by atoms with Gasteiger partial charge < -0.3 is 11.1 Å². The first kappa shape index (κ1) is 12.6. The van der Waals surface area contributed by atoms with Crippen molar-refractivity contribution in [2.75, 3.05) is 11.1 Å². The molecule has 0 aliphatic carbocycles. The average Bonchev–Trinajstić information content (AvgIpc) is 2.63. The number of hydrogen-bond acceptors (Lipinski definition) is 3. The molecule has 1 heterocycles. The van der Waals surface area contributed by atoms with Gasteiger partial charge in [0.1, 0.15) is 5.82 Å². The molecule has 0 fully saturated rings. The van der Waals surface area contributed by atoms with Crippen LogP contribution >= 0.6 is 11.3 Å². The molecule has 1 amide bonds. The van der Waals surface area contributed by atoms with Gasteiger partial charge in [-0.05, 0) is 43.7 Å². The normalized spacial score (nSPS) is 10.4. The highest BCUT2D eigenvalue weighted by molar-refractivity contribution is 7.14. The SMILES string of the molecule is Cc1cc(C(=O)Nc2ccc(N)cc2F)sc1C. The maximum Gasteiger partial charge on any atom is 0.265 e. The lowest BCUT2D eigenvalue weighted by atomic mass is 10.2. The molecule has 3 nitrogen and oxygen atoms in total. The van der Waals surface area contributed by atoms with E-state index in [1.165, 1.54) is 23.5 Å². The Morgan fingerprint density at radius 1 is 1.33 bits per heavy atom. The molecule has 0 atom stereocenters. The molecule has 0 aliphatic rings. The summed E-state index contributed by atoms with van der Waals surface area (Å²) in [5, 5.41) is 2.54. The first-order valence-electron chi connectivity index (χ1n) is 5.41. The van der Waals surface area contributed by atoms with Crippen molar-refractivity contribution in [1.29, 1.82) is 0 Å². The Labute approximate surface area is 108 Å². The number of amides is 1. The van der Waals surface area contributed by atoms with Crippen LogP contribution in [-0.4, -0.2) is 5.91 Å². The number of rotatable bonds is 2. The van der Waals surface area contributed by atoms with Crippen molar-refractivity contribution in [3.8, 4) is 0 Å².